The molecule has 1 heteroatoms. The molecule has 0 saturated carbocycles. The second-order valence-electron chi connectivity index (χ2n) is 1.47. The standard InChI is InChI=1S/2C3H7.Pt/c2*1-3-2;/h2*1,3H2,2H3;. The van der Waals surface area contributed by atoms with E-state index in [1.165, 1.54) is 22.5 Å². The van der Waals surface area contributed by atoms with Crippen molar-refractivity contribution < 1.29 is 18.6 Å². The normalized spacial score (nSPS) is 10.0. The summed E-state index contributed by atoms with van der Waals surface area (Å²) in [5.41, 5.74) is 0. The van der Waals surface area contributed by atoms with Gasteiger partial charge in [0.2, 0.25) is 0 Å². The van der Waals surface area contributed by atoms with Gasteiger partial charge in [-0.2, -0.15) is 0 Å². The molecular formula is C6H14Pt. The van der Waals surface area contributed by atoms with E-state index >= 15 is 0 Å². The van der Waals surface area contributed by atoms with Gasteiger partial charge in [-0.1, -0.05) is 0 Å². The minimum atomic E-state index is 0.617. The molecule has 7 heavy (non-hydrogen) atoms. The third kappa shape index (κ3) is 6.69. The Kier molecular flexibility index (Phi) is 7.35. The fraction of sp³-hybridized carbons (Fsp3) is 1.00. The van der Waals surface area contributed by atoms with Crippen LogP contribution >= 0.6 is 0 Å². The molecule has 0 radical (unpaired) electrons. The molecule has 0 aliphatic rings. The minimum absolute atomic E-state index is 0.617. The first-order valence-electron chi connectivity index (χ1n) is 2.86. The first kappa shape index (κ1) is 7.69. The van der Waals surface area contributed by atoms with Gasteiger partial charge in [0, 0.05) is 0 Å². The molecule has 0 aromatic rings. The van der Waals surface area contributed by atoms with Gasteiger partial charge >= 0.3 is 54.9 Å². The summed E-state index contributed by atoms with van der Waals surface area (Å²) in [5, 5.41) is 0. The van der Waals surface area contributed by atoms with Gasteiger partial charge in [0.15, 0.2) is 0 Å². The summed E-state index contributed by atoms with van der Waals surface area (Å²) in [5.74, 6) is 0. The predicted octanol–water partition coefficient (Wildman–Crippen LogP) is 2.73. The Balaban J connectivity index is 2.45. The summed E-state index contributed by atoms with van der Waals surface area (Å²) in [6.07, 6.45) is 2.82. The van der Waals surface area contributed by atoms with Crippen molar-refractivity contribution in [3.8, 4) is 0 Å². The number of rotatable bonds is 4. The van der Waals surface area contributed by atoms with Crippen LogP contribution in [0.3, 0.4) is 0 Å². The summed E-state index contributed by atoms with van der Waals surface area (Å²) < 4.78 is 0. The van der Waals surface area contributed by atoms with E-state index in [-0.39, 0.29) is 0 Å². The summed E-state index contributed by atoms with van der Waals surface area (Å²) in [4.78, 5) is 3.07. The molecule has 0 saturated heterocycles. The zero-order chi connectivity index (χ0) is 5.54. The van der Waals surface area contributed by atoms with Gasteiger partial charge in [-0.15, -0.1) is 0 Å². The molecule has 0 aliphatic heterocycles. The Morgan fingerprint density at radius 2 is 1.43 bits per heavy atom. The molecule has 0 aliphatic carbocycles. The molecule has 0 aromatic carbocycles. The number of hydrogen-bond donors (Lipinski definition) is 0. The molecule has 0 rings (SSSR count). The van der Waals surface area contributed by atoms with E-state index in [2.05, 4.69) is 13.8 Å². The van der Waals surface area contributed by atoms with Crippen molar-refractivity contribution in [1.82, 2.24) is 0 Å². The van der Waals surface area contributed by atoms with Crippen LogP contribution in [0.15, 0.2) is 0 Å². The van der Waals surface area contributed by atoms with Gasteiger partial charge in [-0.3, -0.25) is 0 Å². The maximum atomic E-state index is 2.27. The van der Waals surface area contributed by atoms with Gasteiger partial charge in [-0.25, -0.2) is 0 Å². The molecule has 0 nitrogen and oxygen atoms in total. The van der Waals surface area contributed by atoms with Crippen molar-refractivity contribution in [2.45, 2.75) is 36.3 Å². The van der Waals surface area contributed by atoms with Crippen LogP contribution in [0, 0.1) is 0 Å². The Labute approximate surface area is 55.2 Å². The van der Waals surface area contributed by atoms with Crippen LogP contribution in [0.25, 0.3) is 0 Å². The molecule has 0 bridgehead atoms. The molecule has 0 fully saturated rings. The second kappa shape index (κ2) is 6.69. The van der Waals surface area contributed by atoms with Gasteiger partial charge in [-0.05, 0) is 0 Å². The van der Waals surface area contributed by atoms with Crippen LogP contribution < -0.4 is 0 Å². The second-order valence-corrected chi connectivity index (χ2v) is 4.88. The fourth-order valence-electron chi connectivity index (χ4n) is 0.303. The molecule has 48 valence electrons. The van der Waals surface area contributed by atoms with Crippen LogP contribution in [-0.2, 0) is 18.6 Å². The fourth-order valence-corrected chi connectivity index (χ4v) is 2.48. The van der Waals surface area contributed by atoms with Crippen molar-refractivity contribution >= 4 is 0 Å². The Morgan fingerprint density at radius 3 is 1.71 bits per heavy atom. The van der Waals surface area contributed by atoms with Crippen LogP contribution in [0.5, 0.6) is 0 Å². The van der Waals surface area contributed by atoms with Crippen molar-refractivity contribution in [1.29, 1.82) is 0 Å². The van der Waals surface area contributed by atoms with Crippen molar-refractivity contribution in [3.63, 3.8) is 0 Å². The first-order valence-corrected chi connectivity index (χ1v) is 6.07. The third-order valence-electron chi connectivity index (χ3n) is 0.540. The molecular weight excluding hydrogens is 267 g/mol. The zero-order valence-electron chi connectivity index (χ0n) is 5.14. The van der Waals surface area contributed by atoms with E-state index in [0.29, 0.717) is 18.6 Å². The SMILES string of the molecule is CC[CH2][Pt][CH2]CC. The third-order valence-corrected chi connectivity index (χ3v) is 4.42. The molecule has 0 amide bonds. The molecule has 0 heterocycles. The summed E-state index contributed by atoms with van der Waals surface area (Å²) >= 11 is 0.617. The van der Waals surface area contributed by atoms with Crippen LogP contribution in [0.1, 0.15) is 26.7 Å². The van der Waals surface area contributed by atoms with Gasteiger partial charge in [0.25, 0.3) is 0 Å². The zero-order valence-corrected chi connectivity index (χ0v) is 7.42. The summed E-state index contributed by atoms with van der Waals surface area (Å²) in [6, 6.07) is 0. The summed E-state index contributed by atoms with van der Waals surface area (Å²) in [6.45, 7) is 4.55. The van der Waals surface area contributed by atoms with E-state index in [9.17, 15) is 0 Å². The van der Waals surface area contributed by atoms with Crippen LogP contribution in [-0.4, -0.2) is 0 Å². The van der Waals surface area contributed by atoms with Crippen LogP contribution in [0.2, 0.25) is 9.62 Å². The Morgan fingerprint density at radius 1 is 1.00 bits per heavy atom. The topological polar surface area (TPSA) is 0 Å². The molecule has 0 atom stereocenters. The monoisotopic (exact) mass is 281 g/mol. The Bertz CT molecular complexity index is 23.4. The quantitative estimate of drug-likeness (QED) is 0.695. The van der Waals surface area contributed by atoms with E-state index in [1.54, 1.807) is 0 Å². The maximum absolute atomic E-state index is 2.27. The van der Waals surface area contributed by atoms with E-state index in [4.69, 9.17) is 0 Å². The van der Waals surface area contributed by atoms with Gasteiger partial charge in [0.1, 0.15) is 0 Å². The molecule has 0 unspecified atom stereocenters. The molecule has 0 aromatic heterocycles. The Hall–Kier alpha value is 0.688. The van der Waals surface area contributed by atoms with E-state index in [1.807, 2.05) is 0 Å². The average molecular weight is 281 g/mol. The van der Waals surface area contributed by atoms with E-state index < -0.39 is 0 Å². The van der Waals surface area contributed by atoms with Crippen LogP contribution in [0.4, 0.5) is 0 Å². The molecule has 0 spiro atoms. The van der Waals surface area contributed by atoms with Gasteiger partial charge < -0.3 is 0 Å². The first-order chi connectivity index (χ1) is 3.41. The molecule has 0 N–H and O–H groups in total. The van der Waals surface area contributed by atoms with Crippen molar-refractivity contribution in [2.75, 3.05) is 0 Å². The average Bonchev–Trinajstić information content (AvgIpc) is 1.69. The van der Waals surface area contributed by atoms with Crippen molar-refractivity contribution in [2.24, 2.45) is 0 Å². The predicted molar refractivity (Wildman–Crippen MR) is 30.2 cm³/mol. The van der Waals surface area contributed by atoms with E-state index in [0.717, 1.165) is 0 Å². The van der Waals surface area contributed by atoms with Crippen molar-refractivity contribution in [3.05, 3.63) is 0 Å². The van der Waals surface area contributed by atoms with Gasteiger partial charge in [0.05, 0.1) is 0 Å². The summed E-state index contributed by atoms with van der Waals surface area (Å²) in [7, 11) is 0. The number of hydrogen-bond acceptors (Lipinski definition) is 0.